The van der Waals surface area contributed by atoms with Crippen LogP contribution < -0.4 is 21.7 Å². The smallest absolute Gasteiger partial charge is 0.327 e. The van der Waals surface area contributed by atoms with Gasteiger partial charge in [0.2, 0.25) is 17.7 Å². The number of carbonyl (C=O) groups excluding carboxylic acids is 3. The highest BCUT2D eigenvalue weighted by atomic mass is 32.1. The van der Waals surface area contributed by atoms with Crippen LogP contribution in [-0.2, 0) is 19.2 Å². The monoisotopic (exact) mass is 406 g/mol. The molecule has 0 aliphatic heterocycles. The van der Waals surface area contributed by atoms with Crippen molar-refractivity contribution in [3.63, 3.8) is 0 Å². The predicted molar refractivity (Wildman–Crippen MR) is 102 cm³/mol. The number of aliphatic carboxylic acids is 1. The van der Waals surface area contributed by atoms with Crippen LogP contribution >= 0.6 is 12.6 Å². The van der Waals surface area contributed by atoms with E-state index >= 15 is 0 Å². The molecule has 11 heteroatoms. The molecule has 0 saturated heterocycles. The van der Waals surface area contributed by atoms with Gasteiger partial charge in [-0.25, -0.2) is 4.79 Å². The van der Waals surface area contributed by atoms with Crippen molar-refractivity contribution in [2.24, 2.45) is 11.7 Å². The number of carboxylic acids is 1. The summed E-state index contributed by atoms with van der Waals surface area (Å²) in [6, 6.07) is -4.39. The van der Waals surface area contributed by atoms with Crippen molar-refractivity contribution in [2.75, 3.05) is 5.75 Å². The molecule has 0 rings (SSSR count). The molecule has 156 valence electrons. The molecule has 0 aromatic heterocycles. The predicted octanol–water partition coefficient (Wildman–Crippen LogP) is -1.77. The Morgan fingerprint density at radius 3 is 1.96 bits per heavy atom. The Morgan fingerprint density at radius 2 is 1.56 bits per heavy atom. The van der Waals surface area contributed by atoms with Crippen molar-refractivity contribution in [1.29, 1.82) is 0 Å². The van der Waals surface area contributed by atoms with Gasteiger partial charge in [-0.2, -0.15) is 12.6 Å². The molecule has 0 aliphatic rings. The Balaban J connectivity index is 5.06. The van der Waals surface area contributed by atoms with Gasteiger partial charge in [0.05, 0.1) is 6.10 Å². The van der Waals surface area contributed by atoms with Gasteiger partial charge < -0.3 is 31.9 Å². The van der Waals surface area contributed by atoms with Crippen molar-refractivity contribution in [3.05, 3.63) is 0 Å². The van der Waals surface area contributed by atoms with Crippen molar-refractivity contribution >= 4 is 36.3 Å². The SMILES string of the molecule is CCC(C)C(NC(=O)C(N)C(C)O)C(=O)NC(C)C(=O)NC(CS)C(=O)O. The van der Waals surface area contributed by atoms with Gasteiger partial charge in [-0.05, 0) is 19.8 Å². The number of aliphatic hydroxyl groups excluding tert-OH is 1. The van der Waals surface area contributed by atoms with Crippen LogP contribution in [0.15, 0.2) is 0 Å². The molecule has 7 N–H and O–H groups in total. The fourth-order valence-electron chi connectivity index (χ4n) is 2.02. The summed E-state index contributed by atoms with van der Waals surface area (Å²) < 4.78 is 0. The Kier molecular flexibility index (Phi) is 11.0. The maximum absolute atomic E-state index is 12.5. The van der Waals surface area contributed by atoms with E-state index in [-0.39, 0.29) is 11.7 Å². The summed E-state index contributed by atoms with van der Waals surface area (Å²) in [7, 11) is 0. The number of thiol groups is 1. The molecule has 27 heavy (non-hydrogen) atoms. The fourth-order valence-corrected chi connectivity index (χ4v) is 2.27. The zero-order valence-corrected chi connectivity index (χ0v) is 16.8. The molecule has 0 spiro atoms. The number of hydrogen-bond donors (Lipinski definition) is 7. The van der Waals surface area contributed by atoms with E-state index in [9.17, 15) is 24.3 Å². The number of rotatable bonds is 11. The molecule has 0 radical (unpaired) electrons. The van der Waals surface area contributed by atoms with Crippen molar-refractivity contribution in [1.82, 2.24) is 16.0 Å². The minimum absolute atomic E-state index is 0.107. The zero-order chi connectivity index (χ0) is 21.3. The van der Waals surface area contributed by atoms with E-state index < -0.39 is 54.0 Å². The first-order valence-corrected chi connectivity index (χ1v) is 9.27. The normalized spacial score (nSPS) is 17.6. The average molecular weight is 407 g/mol. The Morgan fingerprint density at radius 1 is 1.00 bits per heavy atom. The summed E-state index contributed by atoms with van der Waals surface area (Å²) in [5, 5.41) is 25.6. The third kappa shape index (κ3) is 8.14. The second kappa shape index (κ2) is 11.8. The van der Waals surface area contributed by atoms with E-state index in [1.54, 1.807) is 6.92 Å². The van der Waals surface area contributed by atoms with Crippen LogP contribution in [0.4, 0.5) is 0 Å². The van der Waals surface area contributed by atoms with Gasteiger partial charge in [-0.15, -0.1) is 0 Å². The summed E-state index contributed by atoms with van der Waals surface area (Å²) in [6.45, 7) is 6.31. The minimum Gasteiger partial charge on any atom is -0.480 e. The van der Waals surface area contributed by atoms with Crippen molar-refractivity contribution in [3.8, 4) is 0 Å². The minimum atomic E-state index is -1.24. The average Bonchev–Trinajstić information content (AvgIpc) is 2.61. The van der Waals surface area contributed by atoms with Gasteiger partial charge >= 0.3 is 5.97 Å². The lowest BCUT2D eigenvalue weighted by Gasteiger charge is -2.27. The highest BCUT2D eigenvalue weighted by Gasteiger charge is 2.31. The van der Waals surface area contributed by atoms with Crippen LogP contribution in [0.3, 0.4) is 0 Å². The molecular weight excluding hydrogens is 376 g/mol. The Hall–Kier alpha value is -1.85. The van der Waals surface area contributed by atoms with E-state index in [1.165, 1.54) is 13.8 Å². The third-order valence-electron chi connectivity index (χ3n) is 4.16. The summed E-state index contributed by atoms with van der Waals surface area (Å²) in [6.07, 6.45) is -0.534. The van der Waals surface area contributed by atoms with Gasteiger partial charge in [0, 0.05) is 5.75 Å². The van der Waals surface area contributed by atoms with Crippen molar-refractivity contribution in [2.45, 2.75) is 64.4 Å². The highest BCUT2D eigenvalue weighted by molar-refractivity contribution is 7.80. The van der Waals surface area contributed by atoms with Crippen LogP contribution in [0.25, 0.3) is 0 Å². The van der Waals surface area contributed by atoms with Crippen LogP contribution in [-0.4, -0.2) is 69.9 Å². The fraction of sp³-hybridized carbons (Fsp3) is 0.750. The number of nitrogens with two attached hydrogens (primary N) is 1. The number of amides is 3. The first-order valence-electron chi connectivity index (χ1n) is 8.64. The molecular formula is C16H30N4O6S. The molecule has 0 saturated carbocycles. The molecule has 0 fully saturated rings. The van der Waals surface area contributed by atoms with Gasteiger partial charge in [-0.3, -0.25) is 14.4 Å². The van der Waals surface area contributed by atoms with Gasteiger partial charge in [0.1, 0.15) is 24.2 Å². The molecule has 0 aliphatic carbocycles. The Bertz CT molecular complexity index is 545. The second-order valence-corrected chi connectivity index (χ2v) is 6.82. The summed E-state index contributed by atoms with van der Waals surface area (Å²) in [5.74, 6) is -3.62. The molecule has 6 unspecified atom stereocenters. The second-order valence-electron chi connectivity index (χ2n) is 6.45. The first-order chi connectivity index (χ1) is 12.5. The first kappa shape index (κ1) is 25.1. The number of hydrogen-bond acceptors (Lipinski definition) is 7. The highest BCUT2D eigenvalue weighted by Crippen LogP contribution is 2.09. The lowest BCUT2D eigenvalue weighted by molar-refractivity contribution is -0.141. The van der Waals surface area contributed by atoms with E-state index in [0.29, 0.717) is 6.42 Å². The maximum Gasteiger partial charge on any atom is 0.327 e. The lowest BCUT2D eigenvalue weighted by atomic mass is 9.97. The van der Waals surface area contributed by atoms with E-state index in [0.717, 1.165) is 0 Å². The maximum atomic E-state index is 12.5. The molecule has 0 aromatic rings. The van der Waals surface area contributed by atoms with Crippen LogP contribution in [0.2, 0.25) is 0 Å². The van der Waals surface area contributed by atoms with Gasteiger partial charge in [0.25, 0.3) is 0 Å². The van der Waals surface area contributed by atoms with Gasteiger partial charge in [0.15, 0.2) is 0 Å². The number of carbonyl (C=O) groups is 4. The third-order valence-corrected chi connectivity index (χ3v) is 4.53. The lowest BCUT2D eigenvalue weighted by Crippen LogP contribution is -2.59. The van der Waals surface area contributed by atoms with E-state index in [4.69, 9.17) is 10.8 Å². The summed E-state index contributed by atoms with van der Waals surface area (Å²) >= 11 is 3.85. The zero-order valence-electron chi connectivity index (χ0n) is 15.9. The van der Waals surface area contributed by atoms with Crippen molar-refractivity contribution < 1.29 is 29.4 Å². The molecule has 0 bridgehead atoms. The summed E-state index contributed by atoms with van der Waals surface area (Å²) in [5.41, 5.74) is 5.58. The van der Waals surface area contributed by atoms with Crippen LogP contribution in [0, 0.1) is 5.92 Å². The van der Waals surface area contributed by atoms with E-state index in [2.05, 4.69) is 28.6 Å². The van der Waals surface area contributed by atoms with Gasteiger partial charge in [-0.1, -0.05) is 20.3 Å². The quantitative estimate of drug-likeness (QED) is 0.199. The number of nitrogens with one attached hydrogen (secondary N) is 3. The van der Waals surface area contributed by atoms with Crippen LogP contribution in [0.5, 0.6) is 0 Å². The molecule has 10 nitrogen and oxygen atoms in total. The van der Waals surface area contributed by atoms with Crippen LogP contribution in [0.1, 0.15) is 34.1 Å². The molecule has 0 aromatic carbocycles. The molecule has 0 heterocycles. The molecule has 6 atom stereocenters. The van der Waals surface area contributed by atoms with E-state index in [1.807, 2.05) is 6.92 Å². The topological polar surface area (TPSA) is 171 Å². The number of aliphatic hydroxyl groups is 1. The summed E-state index contributed by atoms with van der Waals surface area (Å²) in [4.78, 5) is 47.6. The standard InChI is InChI=1S/C16H30N4O6S/c1-5-7(2)12(20-14(23)11(17)9(4)21)15(24)18-8(3)13(22)19-10(6-27)16(25)26/h7-12,21,27H,5-6,17H2,1-4H3,(H,18,24)(H,19,22)(H,20,23)(H,25,26). The molecule has 3 amide bonds. The Labute approximate surface area is 164 Å². The largest absolute Gasteiger partial charge is 0.480 e. The number of carboxylic acid groups (broad SMARTS) is 1.